The van der Waals surface area contributed by atoms with Crippen LogP contribution >= 0.6 is 0 Å². The summed E-state index contributed by atoms with van der Waals surface area (Å²) < 4.78 is 24.4. The van der Waals surface area contributed by atoms with Crippen LogP contribution in [0.25, 0.3) is 0 Å². The number of β-amino-alcohol motifs (C(OH)–C–C–N with tert-alkyl or cyclic N) is 2. The SMILES string of the molecule is CCCN(CCC)C(=O)c1cc(C)cc(C(=O)NCC(O)CN2CCC(O)C2)c1.Cc1cc(F)cc(F)c1. The van der Waals surface area contributed by atoms with Gasteiger partial charge in [-0.2, -0.15) is 0 Å². The molecule has 0 radical (unpaired) electrons. The molecule has 1 fully saturated rings. The van der Waals surface area contributed by atoms with Crippen molar-refractivity contribution < 1.29 is 28.6 Å². The number of carbonyl (C=O) groups is 2. The first-order chi connectivity index (χ1) is 18.0. The van der Waals surface area contributed by atoms with Gasteiger partial charge in [0.1, 0.15) is 11.6 Å². The zero-order valence-corrected chi connectivity index (χ0v) is 22.8. The highest BCUT2D eigenvalue weighted by Gasteiger charge is 2.23. The number of likely N-dealkylation sites (tertiary alicyclic amines) is 1. The Hall–Kier alpha value is -2.88. The zero-order chi connectivity index (χ0) is 28.2. The lowest BCUT2D eigenvalue weighted by Crippen LogP contribution is -2.39. The Kier molecular flexibility index (Phi) is 12.8. The number of benzene rings is 2. The number of amides is 2. The lowest BCUT2D eigenvalue weighted by Gasteiger charge is -2.22. The number of aliphatic hydroxyl groups excluding tert-OH is 2. The van der Waals surface area contributed by atoms with Gasteiger partial charge in [0.2, 0.25) is 0 Å². The van der Waals surface area contributed by atoms with Gasteiger partial charge in [-0.3, -0.25) is 14.5 Å². The van der Waals surface area contributed by atoms with E-state index in [-0.39, 0.29) is 24.5 Å². The van der Waals surface area contributed by atoms with E-state index in [0.29, 0.717) is 49.3 Å². The molecule has 2 aromatic carbocycles. The second-order valence-electron chi connectivity index (χ2n) is 9.89. The van der Waals surface area contributed by atoms with Gasteiger partial charge in [0.05, 0.1) is 12.2 Å². The number of carbonyl (C=O) groups excluding carboxylic acids is 2. The van der Waals surface area contributed by atoms with E-state index < -0.39 is 17.7 Å². The second-order valence-corrected chi connectivity index (χ2v) is 9.89. The van der Waals surface area contributed by atoms with Crippen molar-refractivity contribution in [1.82, 2.24) is 15.1 Å². The first-order valence-corrected chi connectivity index (χ1v) is 13.2. The standard InChI is InChI=1S/C22H35N3O4.C7H6F2/c1-4-7-25(8-5-2)22(29)18-11-16(3)10-17(12-18)21(28)23-13-20(27)15-24-9-6-19(26)14-24;1-5-2-6(8)4-7(9)3-5/h10-12,19-20,26-27H,4-9,13-15H2,1-3H3,(H,23,28);2-4H,1H3. The Balaban J connectivity index is 0.000000474. The number of aryl methyl sites for hydroxylation is 2. The maximum atomic E-state index is 12.9. The average molecular weight is 534 g/mol. The van der Waals surface area contributed by atoms with Gasteiger partial charge >= 0.3 is 0 Å². The van der Waals surface area contributed by atoms with Crippen LogP contribution < -0.4 is 5.32 Å². The summed E-state index contributed by atoms with van der Waals surface area (Å²) in [6.45, 7) is 10.8. The van der Waals surface area contributed by atoms with E-state index >= 15 is 0 Å². The number of hydrogen-bond donors (Lipinski definition) is 3. The number of nitrogens with zero attached hydrogens (tertiary/aromatic N) is 2. The molecule has 1 aliphatic heterocycles. The summed E-state index contributed by atoms with van der Waals surface area (Å²) in [5.74, 6) is -1.40. The van der Waals surface area contributed by atoms with Crippen molar-refractivity contribution >= 4 is 11.8 Å². The minimum atomic E-state index is -0.709. The molecular weight excluding hydrogens is 492 g/mol. The van der Waals surface area contributed by atoms with Gasteiger partial charge in [-0.15, -0.1) is 0 Å². The van der Waals surface area contributed by atoms with Crippen molar-refractivity contribution in [2.45, 2.75) is 59.2 Å². The van der Waals surface area contributed by atoms with Crippen LogP contribution in [-0.4, -0.2) is 83.3 Å². The maximum absolute atomic E-state index is 12.9. The molecule has 0 bridgehead atoms. The third-order valence-electron chi connectivity index (χ3n) is 6.08. The summed E-state index contributed by atoms with van der Waals surface area (Å²) in [5.41, 5.74) is 2.39. The van der Waals surface area contributed by atoms with Gasteiger partial charge in [0, 0.05) is 56.5 Å². The molecule has 1 saturated heterocycles. The third-order valence-corrected chi connectivity index (χ3v) is 6.08. The van der Waals surface area contributed by atoms with Gasteiger partial charge in [0.25, 0.3) is 11.8 Å². The summed E-state index contributed by atoms with van der Waals surface area (Å²) in [6.07, 6.45) is 1.44. The zero-order valence-electron chi connectivity index (χ0n) is 22.8. The van der Waals surface area contributed by atoms with Crippen LogP contribution in [-0.2, 0) is 0 Å². The molecule has 38 heavy (non-hydrogen) atoms. The molecule has 9 heteroatoms. The van der Waals surface area contributed by atoms with Crippen molar-refractivity contribution in [2.75, 3.05) is 39.3 Å². The fraction of sp³-hybridized carbons (Fsp3) is 0.517. The lowest BCUT2D eigenvalue weighted by atomic mass is 10.0. The summed E-state index contributed by atoms with van der Waals surface area (Å²) >= 11 is 0. The number of aliphatic hydroxyl groups is 2. The molecule has 0 spiro atoms. The molecule has 7 nitrogen and oxygen atoms in total. The predicted octanol–water partition coefficient (Wildman–Crippen LogP) is 3.69. The fourth-order valence-electron chi connectivity index (χ4n) is 4.42. The molecule has 2 amide bonds. The second kappa shape index (κ2) is 15.5. The quantitative estimate of drug-likeness (QED) is 0.433. The Bertz CT molecular complexity index is 1010. The molecule has 2 atom stereocenters. The van der Waals surface area contributed by atoms with Crippen molar-refractivity contribution in [3.8, 4) is 0 Å². The predicted molar refractivity (Wildman–Crippen MR) is 144 cm³/mol. The van der Waals surface area contributed by atoms with Gasteiger partial charge in [-0.1, -0.05) is 13.8 Å². The Morgan fingerprint density at radius 2 is 1.58 bits per heavy atom. The molecule has 2 unspecified atom stereocenters. The average Bonchev–Trinajstić information content (AvgIpc) is 3.25. The van der Waals surface area contributed by atoms with Crippen molar-refractivity contribution in [2.24, 2.45) is 0 Å². The third kappa shape index (κ3) is 10.5. The highest BCUT2D eigenvalue weighted by Crippen LogP contribution is 2.14. The first-order valence-electron chi connectivity index (χ1n) is 13.2. The van der Waals surface area contributed by atoms with Crippen LogP contribution in [0, 0.1) is 25.5 Å². The lowest BCUT2D eigenvalue weighted by molar-refractivity contribution is 0.0755. The van der Waals surface area contributed by atoms with Gasteiger partial charge in [0.15, 0.2) is 0 Å². The van der Waals surface area contributed by atoms with Crippen molar-refractivity contribution in [3.05, 3.63) is 70.3 Å². The minimum Gasteiger partial charge on any atom is -0.392 e. The summed E-state index contributed by atoms with van der Waals surface area (Å²) in [5, 5.41) is 22.5. The number of halogens is 2. The number of nitrogens with one attached hydrogen (secondary N) is 1. The summed E-state index contributed by atoms with van der Waals surface area (Å²) in [7, 11) is 0. The highest BCUT2D eigenvalue weighted by atomic mass is 19.1. The topological polar surface area (TPSA) is 93.1 Å². The Morgan fingerprint density at radius 3 is 2.11 bits per heavy atom. The molecule has 2 aromatic rings. The molecule has 3 rings (SSSR count). The summed E-state index contributed by atoms with van der Waals surface area (Å²) in [6, 6.07) is 8.61. The molecule has 3 N–H and O–H groups in total. The molecular formula is C29H41F2N3O4. The van der Waals surface area contributed by atoms with E-state index in [1.807, 2.05) is 36.6 Å². The number of hydrogen-bond acceptors (Lipinski definition) is 5. The van der Waals surface area contributed by atoms with Crippen LogP contribution in [0.4, 0.5) is 8.78 Å². The van der Waals surface area contributed by atoms with Crippen molar-refractivity contribution in [3.63, 3.8) is 0 Å². The molecule has 1 aliphatic rings. The molecule has 0 aliphatic carbocycles. The van der Waals surface area contributed by atoms with Gasteiger partial charge < -0.3 is 20.4 Å². The van der Waals surface area contributed by atoms with Crippen LogP contribution in [0.5, 0.6) is 0 Å². The Labute approximate surface area is 224 Å². The minimum absolute atomic E-state index is 0.0564. The van der Waals surface area contributed by atoms with Crippen LogP contribution in [0.1, 0.15) is 65.0 Å². The van der Waals surface area contributed by atoms with Crippen molar-refractivity contribution in [1.29, 1.82) is 0 Å². The van der Waals surface area contributed by atoms with E-state index in [1.54, 1.807) is 19.1 Å². The normalized spacial score (nSPS) is 15.9. The maximum Gasteiger partial charge on any atom is 0.253 e. The van der Waals surface area contributed by atoms with E-state index in [0.717, 1.165) is 31.0 Å². The van der Waals surface area contributed by atoms with E-state index in [9.17, 15) is 28.6 Å². The van der Waals surface area contributed by atoms with Crippen LogP contribution in [0.15, 0.2) is 36.4 Å². The van der Waals surface area contributed by atoms with E-state index in [1.165, 1.54) is 12.1 Å². The molecule has 0 aromatic heterocycles. The largest absolute Gasteiger partial charge is 0.392 e. The monoisotopic (exact) mass is 533 g/mol. The Morgan fingerprint density at radius 1 is 1.00 bits per heavy atom. The van der Waals surface area contributed by atoms with Crippen LogP contribution in [0.3, 0.4) is 0 Å². The first kappa shape index (κ1) is 31.3. The van der Waals surface area contributed by atoms with Crippen LogP contribution in [0.2, 0.25) is 0 Å². The van der Waals surface area contributed by atoms with Gasteiger partial charge in [-0.05, 0) is 74.6 Å². The van der Waals surface area contributed by atoms with Gasteiger partial charge in [-0.25, -0.2) is 8.78 Å². The molecule has 210 valence electrons. The van der Waals surface area contributed by atoms with E-state index in [2.05, 4.69) is 5.32 Å². The highest BCUT2D eigenvalue weighted by molar-refractivity contribution is 6.00. The van der Waals surface area contributed by atoms with E-state index in [4.69, 9.17) is 0 Å². The number of rotatable bonds is 10. The molecule has 0 saturated carbocycles. The summed E-state index contributed by atoms with van der Waals surface area (Å²) in [4.78, 5) is 29.3. The fourth-order valence-corrected chi connectivity index (χ4v) is 4.42. The smallest absolute Gasteiger partial charge is 0.253 e. The molecule has 1 heterocycles.